The molecule has 0 aromatic heterocycles. The Bertz CT molecular complexity index is 1740. The summed E-state index contributed by atoms with van der Waals surface area (Å²) in [6.45, 7) is 5.32. The minimum Gasteiger partial charge on any atom is -0.352 e. The summed E-state index contributed by atoms with van der Waals surface area (Å²) >= 11 is 0. The van der Waals surface area contributed by atoms with E-state index >= 15 is 0 Å². The van der Waals surface area contributed by atoms with Gasteiger partial charge in [-0.1, -0.05) is 103 Å². The Labute approximate surface area is 273 Å². The smallest absolute Gasteiger partial charge is 0.264 e. The summed E-state index contributed by atoms with van der Waals surface area (Å²) in [5.74, 6) is -0.678. The number of hydrogen-bond acceptors (Lipinski definition) is 4. The molecule has 0 bridgehead atoms. The normalized spacial score (nSPS) is 14.1. The van der Waals surface area contributed by atoms with Crippen LogP contribution in [0.2, 0.25) is 0 Å². The molecule has 0 aliphatic heterocycles. The van der Waals surface area contributed by atoms with Crippen molar-refractivity contribution in [3.8, 4) is 0 Å². The average Bonchev–Trinajstić information content (AvgIpc) is 3.57. The first-order chi connectivity index (χ1) is 22.1. The van der Waals surface area contributed by atoms with E-state index in [4.69, 9.17) is 0 Å². The number of carbonyl (C=O) groups excluding carboxylic acids is 2. The average molecular weight is 638 g/mol. The highest BCUT2D eigenvalue weighted by Gasteiger charge is 2.36. The highest BCUT2D eigenvalue weighted by molar-refractivity contribution is 7.92. The Balaban J connectivity index is 1.58. The molecule has 7 nitrogen and oxygen atoms in total. The maximum atomic E-state index is 14.7. The van der Waals surface area contributed by atoms with Gasteiger partial charge in [0.25, 0.3) is 10.0 Å². The maximum absolute atomic E-state index is 14.7. The monoisotopic (exact) mass is 637 g/mol. The molecule has 4 aromatic carbocycles. The van der Waals surface area contributed by atoms with E-state index in [-0.39, 0.29) is 23.4 Å². The van der Waals surface area contributed by atoms with Gasteiger partial charge in [-0.15, -0.1) is 0 Å². The van der Waals surface area contributed by atoms with Crippen LogP contribution >= 0.6 is 0 Å². The Hall–Kier alpha value is -4.43. The molecule has 1 fully saturated rings. The number of amides is 2. The van der Waals surface area contributed by atoms with E-state index in [0.29, 0.717) is 12.1 Å². The molecule has 1 saturated carbocycles. The first-order valence-corrected chi connectivity index (χ1v) is 17.4. The fraction of sp³-hybridized carbons (Fsp3) is 0.316. The van der Waals surface area contributed by atoms with E-state index in [9.17, 15) is 18.0 Å². The molecular formula is C38H43N3O4S. The molecule has 0 heterocycles. The summed E-state index contributed by atoms with van der Waals surface area (Å²) in [4.78, 5) is 30.4. The van der Waals surface area contributed by atoms with E-state index in [1.54, 1.807) is 35.2 Å². The zero-order valence-electron chi connectivity index (χ0n) is 26.9. The van der Waals surface area contributed by atoms with Crippen molar-refractivity contribution in [2.24, 2.45) is 0 Å². The van der Waals surface area contributed by atoms with Gasteiger partial charge in [0.15, 0.2) is 0 Å². The van der Waals surface area contributed by atoms with Crippen LogP contribution in [0.4, 0.5) is 5.69 Å². The van der Waals surface area contributed by atoms with Gasteiger partial charge in [-0.25, -0.2) is 8.42 Å². The molecule has 46 heavy (non-hydrogen) atoms. The molecule has 1 aliphatic rings. The molecule has 1 aliphatic carbocycles. The summed E-state index contributed by atoms with van der Waals surface area (Å²) < 4.78 is 29.9. The fourth-order valence-corrected chi connectivity index (χ4v) is 7.51. The van der Waals surface area contributed by atoms with Crippen LogP contribution in [0.1, 0.15) is 53.5 Å². The lowest BCUT2D eigenvalue weighted by Gasteiger charge is -2.34. The van der Waals surface area contributed by atoms with Crippen molar-refractivity contribution in [2.45, 2.75) is 76.4 Å². The molecule has 1 N–H and O–H groups in total. The van der Waals surface area contributed by atoms with Gasteiger partial charge in [0.1, 0.15) is 12.6 Å². The van der Waals surface area contributed by atoms with Crippen molar-refractivity contribution >= 4 is 27.5 Å². The largest absolute Gasteiger partial charge is 0.352 e. The number of aryl methyl sites for hydroxylation is 3. The van der Waals surface area contributed by atoms with E-state index in [0.717, 1.165) is 53.5 Å². The number of hydrogen-bond donors (Lipinski definition) is 1. The molecule has 4 aromatic rings. The van der Waals surface area contributed by atoms with Gasteiger partial charge in [-0.2, -0.15) is 0 Å². The van der Waals surface area contributed by atoms with Crippen molar-refractivity contribution in [1.82, 2.24) is 10.2 Å². The predicted octanol–water partition coefficient (Wildman–Crippen LogP) is 6.51. The third-order valence-electron chi connectivity index (χ3n) is 8.69. The maximum Gasteiger partial charge on any atom is 0.264 e. The van der Waals surface area contributed by atoms with Crippen molar-refractivity contribution in [2.75, 3.05) is 10.8 Å². The number of carbonyl (C=O) groups is 2. The molecule has 240 valence electrons. The van der Waals surface area contributed by atoms with E-state index in [1.165, 1.54) is 4.31 Å². The summed E-state index contributed by atoms with van der Waals surface area (Å²) in [6.07, 6.45) is 4.23. The van der Waals surface area contributed by atoms with Crippen LogP contribution < -0.4 is 9.62 Å². The summed E-state index contributed by atoms with van der Waals surface area (Å²) in [6, 6.07) is 30.6. The lowest BCUT2D eigenvalue weighted by Crippen LogP contribution is -2.54. The lowest BCUT2D eigenvalue weighted by molar-refractivity contribution is -0.140. The lowest BCUT2D eigenvalue weighted by atomic mass is 10.0. The highest BCUT2D eigenvalue weighted by Crippen LogP contribution is 2.29. The van der Waals surface area contributed by atoms with E-state index < -0.39 is 28.5 Å². The number of anilines is 1. The predicted molar refractivity (Wildman–Crippen MR) is 183 cm³/mol. The number of benzene rings is 4. The third kappa shape index (κ3) is 8.04. The van der Waals surface area contributed by atoms with Gasteiger partial charge in [-0.05, 0) is 74.1 Å². The second-order valence-electron chi connectivity index (χ2n) is 12.3. The number of sulfonamides is 1. The number of rotatable bonds is 12. The van der Waals surface area contributed by atoms with Crippen molar-refractivity contribution in [3.05, 3.63) is 131 Å². The highest BCUT2D eigenvalue weighted by atomic mass is 32.2. The quantitative estimate of drug-likeness (QED) is 0.192. The van der Waals surface area contributed by atoms with Crippen LogP contribution in [0, 0.1) is 20.8 Å². The van der Waals surface area contributed by atoms with Crippen molar-refractivity contribution in [1.29, 1.82) is 0 Å². The van der Waals surface area contributed by atoms with E-state index in [1.807, 2.05) is 93.6 Å². The minimum absolute atomic E-state index is 0.0628. The van der Waals surface area contributed by atoms with Gasteiger partial charge < -0.3 is 10.2 Å². The molecule has 1 atom stereocenters. The molecule has 0 spiro atoms. The molecule has 0 radical (unpaired) electrons. The minimum atomic E-state index is -4.15. The van der Waals surface area contributed by atoms with E-state index in [2.05, 4.69) is 5.32 Å². The molecular weight excluding hydrogens is 595 g/mol. The third-order valence-corrected chi connectivity index (χ3v) is 10.5. The second-order valence-corrected chi connectivity index (χ2v) is 14.2. The molecule has 0 saturated heterocycles. The van der Waals surface area contributed by atoms with Gasteiger partial charge in [0.2, 0.25) is 11.8 Å². The van der Waals surface area contributed by atoms with Crippen LogP contribution in [0.25, 0.3) is 0 Å². The number of nitrogens with zero attached hydrogens (tertiary/aromatic N) is 2. The molecule has 0 unspecified atom stereocenters. The van der Waals surface area contributed by atoms with Crippen LogP contribution in [0.3, 0.4) is 0 Å². The second kappa shape index (κ2) is 14.8. The zero-order valence-corrected chi connectivity index (χ0v) is 27.7. The first kappa shape index (κ1) is 32.9. The van der Waals surface area contributed by atoms with Gasteiger partial charge in [-0.3, -0.25) is 13.9 Å². The van der Waals surface area contributed by atoms with Crippen LogP contribution in [-0.2, 0) is 32.6 Å². The Morgan fingerprint density at radius 3 is 2.00 bits per heavy atom. The van der Waals surface area contributed by atoms with Crippen LogP contribution in [-0.4, -0.2) is 43.8 Å². The first-order valence-electron chi connectivity index (χ1n) is 16.0. The Kier molecular flexibility index (Phi) is 10.6. The zero-order chi connectivity index (χ0) is 32.7. The number of nitrogens with one attached hydrogen (secondary N) is 1. The van der Waals surface area contributed by atoms with Gasteiger partial charge in [0.05, 0.1) is 10.6 Å². The Morgan fingerprint density at radius 2 is 1.37 bits per heavy atom. The van der Waals surface area contributed by atoms with Crippen LogP contribution in [0.15, 0.2) is 108 Å². The van der Waals surface area contributed by atoms with Gasteiger partial charge >= 0.3 is 0 Å². The standard InChI is InChI=1S/C38H43N3O4S/c1-28-19-22-34(23-20-28)46(44,45)41(35-24-29(2)18-21-30(35)3)27-37(42)40(26-32-14-8-5-9-15-32)36(25-31-12-6-4-7-13-31)38(43)39-33-16-10-11-17-33/h4-9,12-15,18-24,33,36H,10-11,16-17,25-27H2,1-3H3,(H,39,43)/t36-/m0/s1. The molecule has 5 rings (SSSR count). The molecule has 2 amide bonds. The summed E-state index contributed by atoms with van der Waals surface area (Å²) in [7, 11) is -4.15. The van der Waals surface area contributed by atoms with Crippen molar-refractivity contribution < 1.29 is 18.0 Å². The Morgan fingerprint density at radius 1 is 0.783 bits per heavy atom. The molecule has 8 heteroatoms. The topological polar surface area (TPSA) is 86.8 Å². The fourth-order valence-electron chi connectivity index (χ4n) is 6.04. The SMILES string of the molecule is Cc1ccc(S(=O)(=O)N(CC(=O)N(Cc2ccccc2)[C@@H](Cc2ccccc2)C(=O)NC2CCCC2)c2cc(C)ccc2C)cc1. The van der Waals surface area contributed by atoms with Gasteiger partial charge in [0, 0.05) is 19.0 Å². The van der Waals surface area contributed by atoms with Crippen LogP contribution in [0.5, 0.6) is 0 Å². The summed E-state index contributed by atoms with van der Waals surface area (Å²) in [5.41, 5.74) is 4.73. The summed E-state index contributed by atoms with van der Waals surface area (Å²) in [5, 5.41) is 3.22. The van der Waals surface area contributed by atoms with Crippen molar-refractivity contribution in [3.63, 3.8) is 0 Å².